The van der Waals surface area contributed by atoms with E-state index in [1.165, 1.54) is 4.90 Å². The number of nitrogens with one attached hydrogen (secondary N) is 2. The van der Waals surface area contributed by atoms with Gasteiger partial charge in [-0.1, -0.05) is 48.0 Å². The fourth-order valence-electron chi connectivity index (χ4n) is 2.82. The molecule has 0 atom stereocenters. The van der Waals surface area contributed by atoms with Crippen LogP contribution in [0.5, 0.6) is 0 Å². The molecule has 0 saturated carbocycles. The van der Waals surface area contributed by atoms with Crippen LogP contribution in [0.4, 0.5) is 0 Å². The minimum Gasteiger partial charge on any atom is -0.350 e. The number of rotatable bonds is 7. The number of hydrogen-bond acceptors (Lipinski definition) is 3. The van der Waals surface area contributed by atoms with E-state index in [4.69, 9.17) is 11.6 Å². The monoisotopic (exact) mass is 424 g/mol. The summed E-state index contributed by atoms with van der Waals surface area (Å²) < 4.78 is 0. The van der Waals surface area contributed by atoms with Gasteiger partial charge in [0.05, 0.1) is 10.6 Å². The van der Waals surface area contributed by atoms with Gasteiger partial charge >= 0.3 is 0 Å². The van der Waals surface area contributed by atoms with Gasteiger partial charge in [0.1, 0.15) is 0 Å². The van der Waals surface area contributed by atoms with Crippen LogP contribution in [-0.4, -0.2) is 31.2 Å². The van der Waals surface area contributed by atoms with Gasteiger partial charge in [0, 0.05) is 23.5 Å². The third-order valence-electron chi connectivity index (χ3n) is 4.36. The number of carbonyl (C=O) groups excluding carboxylic acids is 2. The number of hydrogen-bond donors (Lipinski definition) is 2. The molecule has 2 amide bonds. The maximum atomic E-state index is 12.4. The molecule has 0 unspecified atom stereocenters. The fourth-order valence-corrected chi connectivity index (χ4v) is 3.45. The van der Waals surface area contributed by atoms with Crippen molar-refractivity contribution in [2.75, 3.05) is 19.3 Å². The van der Waals surface area contributed by atoms with E-state index in [0.29, 0.717) is 29.2 Å². The summed E-state index contributed by atoms with van der Waals surface area (Å²) in [6, 6.07) is 22.6. The van der Waals surface area contributed by atoms with Crippen molar-refractivity contribution in [2.45, 2.75) is 4.90 Å². The Bertz CT molecular complexity index is 1010. The normalized spacial score (nSPS) is 10.4. The molecule has 2 N–H and O–H groups in total. The number of halogens is 1. The molecule has 148 valence electrons. The highest BCUT2D eigenvalue weighted by molar-refractivity contribution is 7.98. The summed E-state index contributed by atoms with van der Waals surface area (Å²) in [4.78, 5) is 25.8. The van der Waals surface area contributed by atoms with Crippen LogP contribution in [0.25, 0.3) is 11.1 Å². The van der Waals surface area contributed by atoms with Gasteiger partial charge in [-0.2, -0.15) is 0 Å². The predicted octanol–water partition coefficient (Wildman–Crippen LogP) is 4.89. The van der Waals surface area contributed by atoms with Crippen molar-refractivity contribution in [3.63, 3.8) is 0 Å². The molecule has 0 spiro atoms. The van der Waals surface area contributed by atoms with Crippen LogP contribution in [0.2, 0.25) is 5.02 Å². The Morgan fingerprint density at radius 2 is 1.52 bits per heavy atom. The van der Waals surface area contributed by atoms with Gasteiger partial charge < -0.3 is 10.6 Å². The lowest BCUT2D eigenvalue weighted by atomic mass is 10.0. The van der Waals surface area contributed by atoms with E-state index >= 15 is 0 Å². The van der Waals surface area contributed by atoms with Crippen LogP contribution in [0, 0.1) is 0 Å². The lowest BCUT2D eigenvalue weighted by Crippen LogP contribution is -2.34. The SMILES string of the molecule is CSc1ccc(-c2cccc(C(=O)NCCNC(=O)c3ccccc3Cl)c2)cc1. The van der Waals surface area contributed by atoms with Crippen molar-refractivity contribution in [1.29, 1.82) is 0 Å². The van der Waals surface area contributed by atoms with Crippen molar-refractivity contribution in [2.24, 2.45) is 0 Å². The summed E-state index contributed by atoms with van der Waals surface area (Å²) >= 11 is 7.70. The van der Waals surface area contributed by atoms with E-state index in [1.807, 2.05) is 36.6 Å². The second kappa shape index (κ2) is 10.1. The maximum absolute atomic E-state index is 12.4. The molecule has 0 aliphatic carbocycles. The first kappa shape index (κ1) is 21.0. The number of carbonyl (C=O) groups is 2. The van der Waals surface area contributed by atoms with Crippen LogP contribution < -0.4 is 10.6 Å². The smallest absolute Gasteiger partial charge is 0.252 e. The van der Waals surface area contributed by atoms with Crippen molar-refractivity contribution in [3.8, 4) is 11.1 Å². The summed E-state index contributed by atoms with van der Waals surface area (Å²) in [5.41, 5.74) is 3.04. The van der Waals surface area contributed by atoms with Gasteiger partial charge in [-0.3, -0.25) is 9.59 Å². The molecule has 4 nitrogen and oxygen atoms in total. The zero-order valence-electron chi connectivity index (χ0n) is 15.9. The second-order valence-corrected chi connectivity index (χ2v) is 7.59. The summed E-state index contributed by atoms with van der Waals surface area (Å²) in [6.07, 6.45) is 2.04. The minimum atomic E-state index is -0.263. The summed E-state index contributed by atoms with van der Waals surface area (Å²) in [7, 11) is 0. The average Bonchev–Trinajstić information content (AvgIpc) is 2.77. The van der Waals surface area contributed by atoms with E-state index in [1.54, 1.807) is 42.1 Å². The molecule has 3 aromatic rings. The average molecular weight is 425 g/mol. The third-order valence-corrected chi connectivity index (χ3v) is 5.44. The molecular formula is C23H21ClN2O2S. The van der Waals surface area contributed by atoms with Gasteiger partial charge in [-0.05, 0) is 53.8 Å². The van der Waals surface area contributed by atoms with Crippen LogP contribution >= 0.6 is 23.4 Å². The zero-order chi connectivity index (χ0) is 20.6. The molecule has 0 heterocycles. The van der Waals surface area contributed by atoms with Crippen LogP contribution in [0.1, 0.15) is 20.7 Å². The van der Waals surface area contributed by atoms with E-state index < -0.39 is 0 Å². The largest absolute Gasteiger partial charge is 0.350 e. The Hall–Kier alpha value is -2.76. The molecule has 0 bridgehead atoms. The van der Waals surface area contributed by atoms with Crippen LogP contribution in [0.15, 0.2) is 77.7 Å². The van der Waals surface area contributed by atoms with E-state index in [-0.39, 0.29) is 11.8 Å². The van der Waals surface area contributed by atoms with Crippen molar-refractivity contribution in [3.05, 3.63) is 88.9 Å². The molecular weight excluding hydrogens is 404 g/mol. The van der Waals surface area contributed by atoms with Crippen molar-refractivity contribution < 1.29 is 9.59 Å². The van der Waals surface area contributed by atoms with Gasteiger partial charge in [0.25, 0.3) is 11.8 Å². The summed E-state index contributed by atoms with van der Waals surface area (Å²) in [5, 5.41) is 5.98. The first-order chi connectivity index (χ1) is 14.1. The highest BCUT2D eigenvalue weighted by Crippen LogP contribution is 2.23. The second-order valence-electron chi connectivity index (χ2n) is 6.30. The lowest BCUT2D eigenvalue weighted by molar-refractivity contribution is 0.0928. The number of thioether (sulfide) groups is 1. The molecule has 29 heavy (non-hydrogen) atoms. The molecule has 0 fully saturated rings. The molecule has 0 radical (unpaired) electrons. The van der Waals surface area contributed by atoms with Gasteiger partial charge in [0.2, 0.25) is 0 Å². The van der Waals surface area contributed by atoms with E-state index in [2.05, 4.69) is 22.8 Å². The molecule has 3 aromatic carbocycles. The predicted molar refractivity (Wildman–Crippen MR) is 120 cm³/mol. The molecule has 3 rings (SSSR count). The Morgan fingerprint density at radius 1 is 0.828 bits per heavy atom. The molecule has 0 saturated heterocycles. The van der Waals surface area contributed by atoms with Crippen LogP contribution in [0.3, 0.4) is 0 Å². The van der Waals surface area contributed by atoms with Gasteiger partial charge in [-0.15, -0.1) is 11.8 Å². The molecule has 0 aliphatic rings. The lowest BCUT2D eigenvalue weighted by Gasteiger charge is -2.09. The van der Waals surface area contributed by atoms with E-state index in [0.717, 1.165) is 11.1 Å². The van der Waals surface area contributed by atoms with Crippen LogP contribution in [-0.2, 0) is 0 Å². The summed E-state index contributed by atoms with van der Waals surface area (Å²) in [5.74, 6) is -0.444. The van der Waals surface area contributed by atoms with Crippen molar-refractivity contribution >= 4 is 35.2 Å². The van der Waals surface area contributed by atoms with Crippen molar-refractivity contribution in [1.82, 2.24) is 10.6 Å². The number of amides is 2. The van der Waals surface area contributed by atoms with Gasteiger partial charge in [0.15, 0.2) is 0 Å². The highest BCUT2D eigenvalue weighted by atomic mass is 35.5. The Morgan fingerprint density at radius 3 is 2.21 bits per heavy atom. The first-order valence-corrected chi connectivity index (χ1v) is 10.7. The minimum absolute atomic E-state index is 0.181. The topological polar surface area (TPSA) is 58.2 Å². The first-order valence-electron chi connectivity index (χ1n) is 9.14. The Balaban J connectivity index is 1.54. The van der Waals surface area contributed by atoms with E-state index in [9.17, 15) is 9.59 Å². The Labute approximate surface area is 179 Å². The molecule has 0 aromatic heterocycles. The molecule has 6 heteroatoms. The summed E-state index contributed by atoms with van der Waals surface area (Å²) in [6.45, 7) is 0.632. The van der Waals surface area contributed by atoms with Gasteiger partial charge in [-0.25, -0.2) is 0 Å². The highest BCUT2D eigenvalue weighted by Gasteiger charge is 2.10. The third kappa shape index (κ3) is 5.62. The number of benzene rings is 3. The quantitative estimate of drug-likeness (QED) is 0.419. The zero-order valence-corrected chi connectivity index (χ0v) is 17.5. The standard InChI is InChI=1S/C23H21ClN2O2S/c1-29-19-11-9-16(10-12-19)17-5-4-6-18(15-17)22(27)25-13-14-26-23(28)20-7-2-3-8-21(20)24/h2-12,15H,13-14H2,1H3,(H,25,27)(H,26,28). The molecule has 0 aliphatic heterocycles. The maximum Gasteiger partial charge on any atom is 0.252 e. The fraction of sp³-hybridized carbons (Fsp3) is 0.130. The Kier molecular flexibility index (Phi) is 7.33.